The number of rotatable bonds is 5. The predicted molar refractivity (Wildman–Crippen MR) is 87.1 cm³/mol. The number of nitrogens with one attached hydrogen (secondary N) is 1. The van der Waals surface area contributed by atoms with Gasteiger partial charge in [-0.3, -0.25) is 0 Å². The molecule has 2 aliphatic heterocycles. The number of hydrogen-bond donors (Lipinski definition) is 1. The number of piperidine rings is 1. The lowest BCUT2D eigenvalue weighted by atomic mass is 10.1. The van der Waals surface area contributed by atoms with Crippen LogP contribution in [0.4, 0.5) is 0 Å². The highest BCUT2D eigenvalue weighted by molar-refractivity contribution is 7.86. The Morgan fingerprint density at radius 2 is 1.86 bits per heavy atom. The predicted octanol–water partition coefficient (Wildman–Crippen LogP) is 0.879. The Hall–Kier alpha value is -0.510. The molecule has 0 bridgehead atoms. The largest absolute Gasteiger partial charge is 0.379 e. The first-order valence-electron chi connectivity index (χ1n) is 7.74. The summed E-state index contributed by atoms with van der Waals surface area (Å²) in [4.78, 5) is 0. The second-order valence-corrected chi connectivity index (χ2v) is 8.41. The van der Waals surface area contributed by atoms with Crippen molar-refractivity contribution >= 4 is 21.5 Å². The van der Waals surface area contributed by atoms with Gasteiger partial charge in [-0.1, -0.05) is 0 Å². The van der Waals surface area contributed by atoms with Crippen molar-refractivity contribution in [1.82, 2.24) is 13.9 Å². The zero-order valence-electron chi connectivity index (χ0n) is 12.6. The lowest BCUT2D eigenvalue weighted by molar-refractivity contribution is 0.0695. The number of hydrogen-bond acceptors (Lipinski definition) is 5. The van der Waals surface area contributed by atoms with Crippen molar-refractivity contribution in [3.63, 3.8) is 0 Å². The second-order valence-electron chi connectivity index (χ2n) is 5.71. The molecule has 22 heavy (non-hydrogen) atoms. The Labute approximate surface area is 136 Å². The Morgan fingerprint density at radius 1 is 1.18 bits per heavy atom. The quantitative estimate of drug-likeness (QED) is 0.861. The van der Waals surface area contributed by atoms with Crippen molar-refractivity contribution < 1.29 is 13.2 Å². The Morgan fingerprint density at radius 3 is 2.50 bits per heavy atom. The van der Waals surface area contributed by atoms with Gasteiger partial charge >= 0.3 is 0 Å². The number of thiophene rings is 1. The first kappa shape index (κ1) is 16.4. The fraction of sp³-hybridized carbons (Fsp3) is 0.714. The van der Waals surface area contributed by atoms with Gasteiger partial charge in [-0.05, 0) is 35.2 Å². The molecular weight excluding hydrogens is 322 g/mol. The SMILES string of the molecule is O=S(=O)(N1CCOCC1)N1CCC(NCc2ccsc2)CC1. The first-order valence-corrected chi connectivity index (χ1v) is 10.1. The van der Waals surface area contributed by atoms with E-state index in [1.54, 1.807) is 19.9 Å². The molecule has 0 saturated carbocycles. The zero-order valence-corrected chi connectivity index (χ0v) is 14.2. The Balaban J connectivity index is 1.48. The molecule has 1 N–H and O–H groups in total. The summed E-state index contributed by atoms with van der Waals surface area (Å²) >= 11 is 1.70. The van der Waals surface area contributed by atoms with Crippen LogP contribution >= 0.6 is 11.3 Å². The fourth-order valence-corrected chi connectivity index (χ4v) is 5.16. The first-order chi connectivity index (χ1) is 10.7. The minimum Gasteiger partial charge on any atom is -0.379 e. The molecule has 2 saturated heterocycles. The highest BCUT2D eigenvalue weighted by atomic mass is 32.2. The lowest BCUT2D eigenvalue weighted by Gasteiger charge is -2.36. The Bertz CT molecular complexity index is 548. The van der Waals surface area contributed by atoms with Gasteiger partial charge in [0.25, 0.3) is 10.2 Å². The van der Waals surface area contributed by atoms with Gasteiger partial charge in [0.05, 0.1) is 13.2 Å². The maximum atomic E-state index is 12.6. The van der Waals surface area contributed by atoms with Gasteiger partial charge in [0.15, 0.2) is 0 Å². The lowest BCUT2D eigenvalue weighted by Crippen LogP contribution is -2.52. The van der Waals surface area contributed by atoms with E-state index in [2.05, 4.69) is 22.1 Å². The van der Waals surface area contributed by atoms with Gasteiger partial charge in [-0.2, -0.15) is 28.4 Å². The molecule has 2 aliphatic rings. The number of nitrogens with zero attached hydrogens (tertiary/aromatic N) is 2. The molecule has 0 spiro atoms. The normalized spacial score (nSPS) is 22.9. The molecule has 6 nitrogen and oxygen atoms in total. The van der Waals surface area contributed by atoms with E-state index in [-0.39, 0.29) is 0 Å². The van der Waals surface area contributed by atoms with Crippen LogP contribution in [0.25, 0.3) is 0 Å². The van der Waals surface area contributed by atoms with Crippen molar-refractivity contribution in [2.45, 2.75) is 25.4 Å². The molecule has 3 heterocycles. The van der Waals surface area contributed by atoms with Crippen LogP contribution in [0.5, 0.6) is 0 Å². The molecule has 2 fully saturated rings. The molecule has 0 amide bonds. The van der Waals surface area contributed by atoms with Gasteiger partial charge in [-0.15, -0.1) is 0 Å². The van der Waals surface area contributed by atoms with E-state index in [1.807, 2.05) is 0 Å². The molecule has 0 atom stereocenters. The summed E-state index contributed by atoms with van der Waals surface area (Å²) in [5.74, 6) is 0. The molecule has 3 rings (SSSR count). The summed E-state index contributed by atoms with van der Waals surface area (Å²) in [5.41, 5.74) is 1.30. The van der Waals surface area contributed by atoms with Crippen LogP contribution in [0.1, 0.15) is 18.4 Å². The van der Waals surface area contributed by atoms with Crippen LogP contribution in [0.15, 0.2) is 16.8 Å². The van der Waals surface area contributed by atoms with Crippen molar-refractivity contribution in [1.29, 1.82) is 0 Å². The number of ether oxygens (including phenoxy) is 1. The van der Waals surface area contributed by atoms with Crippen LogP contribution in [-0.4, -0.2) is 62.5 Å². The molecule has 0 unspecified atom stereocenters. The van der Waals surface area contributed by atoms with E-state index in [1.165, 1.54) is 5.56 Å². The summed E-state index contributed by atoms with van der Waals surface area (Å²) in [6, 6.07) is 2.52. The van der Waals surface area contributed by atoms with Gasteiger partial charge in [0, 0.05) is 38.8 Å². The van der Waals surface area contributed by atoms with Gasteiger partial charge in [-0.25, -0.2) is 0 Å². The van der Waals surface area contributed by atoms with Crippen molar-refractivity contribution in [3.8, 4) is 0 Å². The van der Waals surface area contributed by atoms with E-state index in [4.69, 9.17) is 4.74 Å². The topological polar surface area (TPSA) is 61.9 Å². The van der Waals surface area contributed by atoms with Crippen LogP contribution < -0.4 is 5.32 Å². The van der Waals surface area contributed by atoms with Crippen LogP contribution in [0, 0.1) is 0 Å². The monoisotopic (exact) mass is 345 g/mol. The summed E-state index contributed by atoms with van der Waals surface area (Å²) in [6.07, 6.45) is 1.74. The maximum Gasteiger partial charge on any atom is 0.282 e. The summed E-state index contributed by atoms with van der Waals surface area (Å²) in [6.45, 7) is 4.00. The van der Waals surface area contributed by atoms with Crippen LogP contribution in [0.3, 0.4) is 0 Å². The van der Waals surface area contributed by atoms with Crippen LogP contribution in [0.2, 0.25) is 0 Å². The molecular formula is C14H23N3O3S2. The second kappa shape index (κ2) is 7.37. The van der Waals surface area contributed by atoms with E-state index < -0.39 is 10.2 Å². The van der Waals surface area contributed by atoms with E-state index >= 15 is 0 Å². The molecule has 1 aromatic rings. The minimum absolute atomic E-state index is 0.399. The van der Waals surface area contributed by atoms with Crippen molar-refractivity contribution in [2.24, 2.45) is 0 Å². The fourth-order valence-electron chi connectivity index (χ4n) is 2.89. The van der Waals surface area contributed by atoms with Gasteiger partial charge in [0.1, 0.15) is 0 Å². The average molecular weight is 345 g/mol. The molecule has 0 aromatic carbocycles. The van der Waals surface area contributed by atoms with Gasteiger partial charge < -0.3 is 10.1 Å². The van der Waals surface area contributed by atoms with E-state index in [9.17, 15) is 8.42 Å². The minimum atomic E-state index is -3.31. The Kier molecular flexibility index (Phi) is 5.48. The molecule has 124 valence electrons. The maximum absolute atomic E-state index is 12.6. The summed E-state index contributed by atoms with van der Waals surface area (Å²) < 4.78 is 33.5. The average Bonchev–Trinajstić information content (AvgIpc) is 3.08. The van der Waals surface area contributed by atoms with Crippen molar-refractivity contribution in [2.75, 3.05) is 39.4 Å². The molecule has 0 radical (unpaired) electrons. The standard InChI is InChI=1S/C14H23N3O3S2/c18-22(19,17-6-8-20-9-7-17)16-4-1-14(2-5-16)15-11-13-3-10-21-12-13/h3,10,12,14-15H,1-2,4-9,11H2. The highest BCUT2D eigenvalue weighted by Crippen LogP contribution is 2.18. The summed E-state index contributed by atoms with van der Waals surface area (Å²) in [5, 5.41) is 7.75. The van der Waals surface area contributed by atoms with Crippen molar-refractivity contribution in [3.05, 3.63) is 22.4 Å². The third-order valence-electron chi connectivity index (χ3n) is 4.25. The third kappa shape index (κ3) is 3.87. The van der Waals surface area contributed by atoms with Crippen LogP contribution in [-0.2, 0) is 21.5 Å². The van der Waals surface area contributed by atoms with Gasteiger partial charge in [0.2, 0.25) is 0 Å². The third-order valence-corrected chi connectivity index (χ3v) is 7.02. The highest BCUT2D eigenvalue weighted by Gasteiger charge is 2.33. The number of morpholine rings is 1. The van der Waals surface area contributed by atoms with E-state index in [0.29, 0.717) is 45.4 Å². The molecule has 1 aromatic heterocycles. The summed E-state index contributed by atoms with van der Waals surface area (Å²) in [7, 11) is -3.31. The van der Waals surface area contributed by atoms with E-state index in [0.717, 1.165) is 19.4 Å². The molecule has 8 heteroatoms. The smallest absolute Gasteiger partial charge is 0.282 e. The zero-order chi connectivity index (χ0) is 15.4. The molecule has 0 aliphatic carbocycles.